The predicted molar refractivity (Wildman–Crippen MR) is 57.7 cm³/mol. The maximum Gasteiger partial charge on any atom is 0.249 e. The number of hydrogen-bond donors (Lipinski definition) is 0. The molecule has 0 amide bonds. The summed E-state index contributed by atoms with van der Waals surface area (Å²) in [5.41, 5.74) is 0.928. The van der Waals surface area contributed by atoms with Crippen LogP contribution >= 0.6 is 43.2 Å². The summed E-state index contributed by atoms with van der Waals surface area (Å²) in [5, 5.41) is 7.69. The molecule has 0 aliphatic rings. The largest absolute Gasteiger partial charge is 0.421 e. The van der Waals surface area contributed by atoms with Crippen molar-refractivity contribution in [1.29, 1.82) is 0 Å². The van der Waals surface area contributed by atoms with Gasteiger partial charge in [0.05, 0.1) is 13.1 Å². The van der Waals surface area contributed by atoms with Crippen molar-refractivity contribution in [2.24, 2.45) is 0 Å². The van der Waals surface area contributed by atoms with E-state index in [1.54, 1.807) is 18.3 Å². The van der Waals surface area contributed by atoms with E-state index in [1.807, 2.05) is 6.07 Å². The maximum absolute atomic E-state index is 5.30. The van der Waals surface area contributed by atoms with Crippen molar-refractivity contribution in [1.82, 2.24) is 10.2 Å². The van der Waals surface area contributed by atoms with Crippen molar-refractivity contribution in [3.8, 4) is 11.5 Å². The Morgan fingerprint density at radius 2 is 2.15 bits per heavy atom. The van der Waals surface area contributed by atoms with E-state index in [2.05, 4.69) is 42.1 Å². The van der Waals surface area contributed by atoms with E-state index in [-0.39, 0.29) is 0 Å². The Hall–Kier alpha value is -0.200. The molecule has 0 atom stereocenters. The monoisotopic (exact) mass is 322 g/mol. The minimum absolute atomic E-state index is 0.548. The van der Waals surface area contributed by atoms with Crippen LogP contribution in [0.15, 0.2) is 18.1 Å². The Balaban J connectivity index is 2.51. The Morgan fingerprint density at radius 1 is 1.38 bits per heavy atom. The normalized spacial score (nSPS) is 10.7. The van der Waals surface area contributed by atoms with Crippen LogP contribution in [0.1, 0.15) is 5.89 Å². The van der Waals surface area contributed by atoms with Crippen LogP contribution in [0.5, 0.6) is 0 Å². The molecule has 0 spiro atoms. The zero-order valence-corrected chi connectivity index (χ0v) is 10.5. The van der Waals surface area contributed by atoms with E-state index in [0.29, 0.717) is 11.8 Å². The van der Waals surface area contributed by atoms with Crippen LogP contribution in [-0.4, -0.2) is 10.2 Å². The first kappa shape index (κ1) is 9.36. The van der Waals surface area contributed by atoms with Gasteiger partial charge in [-0.1, -0.05) is 0 Å². The molecule has 0 aliphatic carbocycles. The average Bonchev–Trinajstić information content (AvgIpc) is 2.58. The van der Waals surface area contributed by atoms with Crippen molar-refractivity contribution in [2.75, 3.05) is 0 Å². The van der Waals surface area contributed by atoms with Gasteiger partial charge in [0.2, 0.25) is 11.8 Å². The van der Waals surface area contributed by atoms with Crippen molar-refractivity contribution >= 4 is 43.2 Å². The van der Waals surface area contributed by atoms with Crippen molar-refractivity contribution in [3.63, 3.8) is 0 Å². The summed E-state index contributed by atoms with van der Waals surface area (Å²) in [6.45, 7) is 1.77. The minimum Gasteiger partial charge on any atom is -0.421 e. The van der Waals surface area contributed by atoms with Crippen LogP contribution in [0.2, 0.25) is 0 Å². The van der Waals surface area contributed by atoms with Crippen LogP contribution in [0.3, 0.4) is 0 Å². The lowest BCUT2D eigenvalue weighted by Crippen LogP contribution is -1.73. The number of thiophene rings is 1. The molecular weight excluding hydrogens is 320 g/mol. The number of nitrogens with zero attached hydrogens (tertiary/aromatic N) is 2. The lowest BCUT2D eigenvalue weighted by Gasteiger charge is -1.87. The first-order valence-electron chi connectivity index (χ1n) is 3.42. The second-order valence-electron chi connectivity index (χ2n) is 2.36. The highest BCUT2D eigenvalue weighted by Crippen LogP contribution is 2.37. The molecule has 6 heteroatoms. The third-order valence-electron chi connectivity index (χ3n) is 1.41. The van der Waals surface area contributed by atoms with E-state index in [0.717, 1.165) is 13.1 Å². The fraction of sp³-hybridized carbons (Fsp3) is 0.143. The summed E-state index contributed by atoms with van der Waals surface area (Å²) in [5.74, 6) is 1.12. The van der Waals surface area contributed by atoms with Gasteiger partial charge in [0.1, 0.15) is 0 Å². The maximum atomic E-state index is 5.30. The SMILES string of the molecule is Cc1nnc(-c2cc(Br)sc2Br)o1. The number of aromatic nitrogens is 2. The molecule has 2 aromatic rings. The first-order valence-corrected chi connectivity index (χ1v) is 5.82. The lowest BCUT2D eigenvalue weighted by atomic mass is 10.3. The molecule has 0 unspecified atom stereocenters. The van der Waals surface area contributed by atoms with E-state index >= 15 is 0 Å². The first-order chi connectivity index (χ1) is 6.16. The molecule has 68 valence electrons. The average molecular weight is 324 g/mol. The van der Waals surface area contributed by atoms with Crippen molar-refractivity contribution in [3.05, 3.63) is 19.5 Å². The second-order valence-corrected chi connectivity index (χ2v) is 6.11. The summed E-state index contributed by atoms with van der Waals surface area (Å²) in [7, 11) is 0. The zero-order valence-electron chi connectivity index (χ0n) is 6.54. The van der Waals surface area contributed by atoms with Crippen LogP contribution in [0, 0.1) is 6.92 Å². The molecule has 2 rings (SSSR count). The number of rotatable bonds is 1. The third kappa shape index (κ3) is 1.84. The highest BCUT2D eigenvalue weighted by Gasteiger charge is 2.12. The molecule has 3 nitrogen and oxygen atoms in total. The van der Waals surface area contributed by atoms with E-state index < -0.39 is 0 Å². The molecule has 0 fully saturated rings. The summed E-state index contributed by atoms with van der Waals surface area (Å²) in [6, 6.07) is 1.95. The van der Waals surface area contributed by atoms with Gasteiger partial charge in [0.15, 0.2) is 0 Å². The fourth-order valence-corrected chi connectivity index (χ4v) is 3.67. The van der Waals surface area contributed by atoms with Gasteiger partial charge >= 0.3 is 0 Å². The Labute approximate surface area is 95.4 Å². The highest BCUT2D eigenvalue weighted by atomic mass is 79.9. The number of hydrogen-bond acceptors (Lipinski definition) is 4. The standard InChI is InChI=1S/C7H4Br2N2OS/c1-3-10-11-7(12-3)4-2-5(8)13-6(4)9/h2H,1H3. The quantitative estimate of drug-likeness (QED) is 0.804. The van der Waals surface area contributed by atoms with Crippen LogP contribution < -0.4 is 0 Å². The molecule has 2 aromatic heterocycles. The predicted octanol–water partition coefficient (Wildman–Crippen LogP) is 3.63. The van der Waals surface area contributed by atoms with E-state index in [9.17, 15) is 0 Å². The summed E-state index contributed by atoms with van der Waals surface area (Å²) >= 11 is 8.39. The molecule has 0 bridgehead atoms. The fourth-order valence-electron chi connectivity index (χ4n) is 0.891. The molecule has 0 saturated heterocycles. The Kier molecular flexibility index (Phi) is 2.53. The van der Waals surface area contributed by atoms with E-state index in [1.165, 1.54) is 0 Å². The molecule has 0 saturated carbocycles. The van der Waals surface area contributed by atoms with Crippen LogP contribution in [0.4, 0.5) is 0 Å². The lowest BCUT2D eigenvalue weighted by molar-refractivity contribution is 0.533. The van der Waals surface area contributed by atoms with Gasteiger partial charge in [-0.15, -0.1) is 21.5 Å². The van der Waals surface area contributed by atoms with Gasteiger partial charge < -0.3 is 4.42 Å². The smallest absolute Gasteiger partial charge is 0.249 e. The number of aryl methyl sites for hydroxylation is 1. The van der Waals surface area contributed by atoms with Gasteiger partial charge in [-0.2, -0.15) is 0 Å². The van der Waals surface area contributed by atoms with Crippen molar-refractivity contribution in [2.45, 2.75) is 6.92 Å². The van der Waals surface area contributed by atoms with Crippen LogP contribution in [0.25, 0.3) is 11.5 Å². The van der Waals surface area contributed by atoms with E-state index in [4.69, 9.17) is 4.42 Å². The molecule has 2 heterocycles. The van der Waals surface area contributed by atoms with Gasteiger partial charge in [-0.25, -0.2) is 0 Å². The molecule has 0 radical (unpaired) electrons. The van der Waals surface area contributed by atoms with Gasteiger partial charge in [-0.05, 0) is 37.9 Å². The Morgan fingerprint density at radius 3 is 2.62 bits per heavy atom. The third-order valence-corrected chi connectivity index (χ3v) is 3.75. The zero-order chi connectivity index (χ0) is 9.42. The summed E-state index contributed by atoms with van der Waals surface area (Å²) in [4.78, 5) is 0. The molecule has 0 N–H and O–H groups in total. The van der Waals surface area contributed by atoms with Gasteiger partial charge in [0.25, 0.3) is 0 Å². The summed E-state index contributed by atoms with van der Waals surface area (Å²) in [6.07, 6.45) is 0. The molecule has 13 heavy (non-hydrogen) atoms. The Bertz CT molecular complexity index is 437. The highest BCUT2D eigenvalue weighted by molar-refractivity contribution is 9.12. The van der Waals surface area contributed by atoms with Crippen molar-refractivity contribution < 1.29 is 4.42 Å². The van der Waals surface area contributed by atoms with Gasteiger partial charge in [0, 0.05) is 6.92 Å². The topological polar surface area (TPSA) is 38.9 Å². The molecular formula is C7H4Br2N2OS. The second kappa shape index (κ2) is 3.51. The van der Waals surface area contributed by atoms with Crippen LogP contribution in [-0.2, 0) is 0 Å². The summed E-state index contributed by atoms with van der Waals surface area (Å²) < 4.78 is 7.32. The van der Waals surface area contributed by atoms with Gasteiger partial charge in [-0.3, -0.25) is 0 Å². The number of halogens is 2. The minimum atomic E-state index is 0.548. The molecule has 0 aliphatic heterocycles. The molecule has 0 aromatic carbocycles.